The maximum Gasteiger partial charge on any atom is 0.335 e. The largest absolute Gasteiger partial charge is 0.494 e. The minimum atomic E-state index is -1.02. The summed E-state index contributed by atoms with van der Waals surface area (Å²) in [6.07, 6.45) is 0. The molecule has 0 saturated heterocycles. The van der Waals surface area contributed by atoms with Crippen molar-refractivity contribution in [3.63, 3.8) is 0 Å². The Labute approximate surface area is 162 Å². The molecule has 140 valence electrons. The van der Waals surface area contributed by atoms with Gasteiger partial charge in [0.25, 0.3) is 5.69 Å². The van der Waals surface area contributed by atoms with Crippen LogP contribution >= 0.6 is 23.2 Å². The van der Waals surface area contributed by atoms with Crippen molar-refractivity contribution < 1.29 is 19.6 Å². The number of nitrogens with two attached hydrogens (primary N) is 1. The Balaban J connectivity index is 0.000000199. The lowest BCUT2D eigenvalue weighted by Crippen LogP contribution is -1.97. The second kappa shape index (κ2) is 8.47. The van der Waals surface area contributed by atoms with Crippen LogP contribution in [0.5, 0.6) is 5.75 Å². The molecule has 0 atom stereocenters. The van der Waals surface area contributed by atoms with Crippen LogP contribution in [0.2, 0.25) is 10.3 Å². The van der Waals surface area contributed by atoms with Gasteiger partial charge in [0.05, 0.1) is 40.4 Å². The van der Waals surface area contributed by atoms with Gasteiger partial charge in [-0.3, -0.25) is 10.1 Å². The third kappa shape index (κ3) is 4.93. The van der Waals surface area contributed by atoms with E-state index in [4.69, 9.17) is 38.8 Å². The number of carboxylic acids is 1. The first-order valence-corrected chi connectivity index (χ1v) is 7.92. The fourth-order valence-corrected chi connectivity index (χ4v) is 2.22. The molecule has 0 spiro atoms. The summed E-state index contributed by atoms with van der Waals surface area (Å²) in [5.41, 5.74) is 6.87. The molecule has 0 amide bonds. The van der Waals surface area contributed by atoms with Gasteiger partial charge in [0, 0.05) is 6.07 Å². The van der Waals surface area contributed by atoms with Crippen molar-refractivity contribution in [3.8, 4) is 5.75 Å². The number of nitro groups is 1. The predicted molar refractivity (Wildman–Crippen MR) is 101 cm³/mol. The topological polar surface area (TPSA) is 141 Å². The first kappa shape index (κ1) is 20.1. The average Bonchev–Trinajstić information content (AvgIpc) is 2.63. The van der Waals surface area contributed by atoms with Crippen LogP contribution in [-0.4, -0.2) is 33.1 Å². The van der Waals surface area contributed by atoms with E-state index in [0.717, 1.165) is 0 Å². The van der Waals surface area contributed by atoms with E-state index in [1.54, 1.807) is 0 Å². The standard InChI is InChI=1S/C9H4Cl2N2O2.C7H8N2O3/c10-7-8(11)13-6-3-4(9(14)15)1-2-5(6)12-7;1-12-7-4-5(9(10)11)2-3-6(7)8/h1-3H,(H,14,15);2-4H,8H2,1H3. The second-order valence-corrected chi connectivity index (χ2v) is 5.71. The highest BCUT2D eigenvalue weighted by atomic mass is 35.5. The number of ether oxygens (including phenoxy) is 1. The van der Waals surface area contributed by atoms with Crippen molar-refractivity contribution in [1.29, 1.82) is 0 Å². The normalized spacial score (nSPS) is 10.0. The molecule has 1 aromatic heterocycles. The molecule has 0 bridgehead atoms. The molecular formula is C16H12Cl2N4O5. The Morgan fingerprint density at radius 2 is 1.78 bits per heavy atom. The number of hydrogen-bond acceptors (Lipinski definition) is 7. The van der Waals surface area contributed by atoms with E-state index in [9.17, 15) is 14.9 Å². The lowest BCUT2D eigenvalue weighted by Gasteiger charge is -2.02. The molecule has 9 nitrogen and oxygen atoms in total. The molecule has 0 unspecified atom stereocenters. The van der Waals surface area contributed by atoms with Crippen molar-refractivity contribution in [2.45, 2.75) is 0 Å². The van der Waals surface area contributed by atoms with E-state index in [2.05, 4.69) is 9.97 Å². The van der Waals surface area contributed by atoms with Crippen LogP contribution in [0.25, 0.3) is 11.0 Å². The van der Waals surface area contributed by atoms with Crippen LogP contribution in [0.4, 0.5) is 11.4 Å². The van der Waals surface area contributed by atoms with Gasteiger partial charge in [0.2, 0.25) is 0 Å². The first-order valence-electron chi connectivity index (χ1n) is 7.17. The number of benzene rings is 2. The third-order valence-corrected chi connectivity index (χ3v) is 3.88. The lowest BCUT2D eigenvalue weighted by molar-refractivity contribution is -0.384. The Kier molecular flexibility index (Phi) is 6.32. The molecule has 0 aliphatic heterocycles. The zero-order valence-corrected chi connectivity index (χ0v) is 15.2. The number of aromatic nitrogens is 2. The number of methoxy groups -OCH3 is 1. The molecule has 0 saturated carbocycles. The molecule has 3 rings (SSSR count). The van der Waals surface area contributed by atoms with Crippen LogP contribution in [0, 0.1) is 10.1 Å². The van der Waals surface area contributed by atoms with E-state index in [1.165, 1.54) is 43.5 Å². The average molecular weight is 411 g/mol. The molecule has 1 heterocycles. The summed E-state index contributed by atoms with van der Waals surface area (Å²) in [7, 11) is 1.41. The molecule has 0 aliphatic carbocycles. The monoisotopic (exact) mass is 410 g/mol. The van der Waals surface area contributed by atoms with Crippen molar-refractivity contribution in [2.24, 2.45) is 0 Å². The van der Waals surface area contributed by atoms with Crippen LogP contribution < -0.4 is 10.5 Å². The van der Waals surface area contributed by atoms with Gasteiger partial charge in [0.1, 0.15) is 5.75 Å². The highest BCUT2D eigenvalue weighted by Gasteiger charge is 2.09. The molecular weight excluding hydrogens is 399 g/mol. The van der Waals surface area contributed by atoms with Gasteiger partial charge in [-0.1, -0.05) is 23.2 Å². The summed E-state index contributed by atoms with van der Waals surface area (Å²) in [6.45, 7) is 0. The number of carboxylic acid groups (broad SMARTS) is 1. The number of fused-ring (bicyclic) bond motifs is 1. The number of non-ortho nitro benzene ring substituents is 1. The van der Waals surface area contributed by atoms with Gasteiger partial charge in [0.15, 0.2) is 10.3 Å². The number of nitro benzene ring substituents is 1. The number of nitrogen functional groups attached to an aromatic ring is 1. The Bertz CT molecular complexity index is 1030. The predicted octanol–water partition coefficient (Wildman–Crippen LogP) is 3.82. The smallest absolute Gasteiger partial charge is 0.335 e. The Hall–Kier alpha value is -3.17. The van der Waals surface area contributed by atoms with Crippen LogP contribution in [-0.2, 0) is 0 Å². The van der Waals surface area contributed by atoms with Crippen molar-refractivity contribution in [3.05, 3.63) is 62.4 Å². The van der Waals surface area contributed by atoms with Gasteiger partial charge in [-0.2, -0.15) is 0 Å². The molecule has 0 radical (unpaired) electrons. The van der Waals surface area contributed by atoms with Gasteiger partial charge < -0.3 is 15.6 Å². The third-order valence-electron chi connectivity index (χ3n) is 3.26. The molecule has 0 fully saturated rings. The number of anilines is 1. The Morgan fingerprint density at radius 1 is 1.15 bits per heavy atom. The van der Waals surface area contributed by atoms with E-state index in [-0.39, 0.29) is 21.6 Å². The van der Waals surface area contributed by atoms with E-state index in [0.29, 0.717) is 22.5 Å². The van der Waals surface area contributed by atoms with Crippen LogP contribution in [0.1, 0.15) is 10.4 Å². The van der Waals surface area contributed by atoms with Crippen molar-refractivity contribution in [1.82, 2.24) is 9.97 Å². The highest BCUT2D eigenvalue weighted by molar-refractivity contribution is 6.40. The zero-order valence-electron chi connectivity index (χ0n) is 13.7. The van der Waals surface area contributed by atoms with E-state index in [1.807, 2.05) is 0 Å². The SMILES string of the molecule is COc1cc([N+](=O)[O-])ccc1N.O=C(O)c1ccc2nc(Cl)c(Cl)nc2c1. The Morgan fingerprint density at radius 3 is 2.33 bits per heavy atom. The molecule has 0 aliphatic rings. The van der Waals surface area contributed by atoms with Crippen molar-refractivity contribution >= 4 is 51.6 Å². The van der Waals surface area contributed by atoms with Gasteiger partial charge >= 0.3 is 5.97 Å². The van der Waals surface area contributed by atoms with Crippen molar-refractivity contribution in [2.75, 3.05) is 12.8 Å². The number of halogens is 2. The number of aromatic carboxylic acids is 1. The molecule has 2 aromatic carbocycles. The maximum absolute atomic E-state index is 10.7. The van der Waals surface area contributed by atoms with Gasteiger partial charge in [-0.25, -0.2) is 14.8 Å². The number of hydrogen-bond donors (Lipinski definition) is 2. The van der Waals surface area contributed by atoms with E-state index < -0.39 is 10.9 Å². The summed E-state index contributed by atoms with van der Waals surface area (Å²) in [4.78, 5) is 28.4. The van der Waals surface area contributed by atoms with Crippen LogP contribution in [0.3, 0.4) is 0 Å². The highest BCUT2D eigenvalue weighted by Crippen LogP contribution is 2.26. The summed E-state index contributed by atoms with van der Waals surface area (Å²) in [5.74, 6) is -0.700. The number of rotatable bonds is 3. The van der Waals surface area contributed by atoms with Gasteiger partial charge in [-0.05, 0) is 24.3 Å². The first-order chi connectivity index (χ1) is 12.7. The number of carbonyl (C=O) groups is 1. The molecule has 3 N–H and O–H groups in total. The number of nitrogens with zero attached hydrogens (tertiary/aromatic N) is 3. The molecule has 11 heteroatoms. The lowest BCUT2D eigenvalue weighted by atomic mass is 10.2. The van der Waals surface area contributed by atoms with Gasteiger partial charge in [-0.15, -0.1) is 0 Å². The van der Waals surface area contributed by atoms with E-state index >= 15 is 0 Å². The fraction of sp³-hybridized carbons (Fsp3) is 0.0625. The minimum Gasteiger partial charge on any atom is -0.494 e. The summed E-state index contributed by atoms with van der Waals surface area (Å²) in [5, 5.41) is 19.2. The zero-order chi connectivity index (χ0) is 20.1. The molecule has 27 heavy (non-hydrogen) atoms. The molecule has 3 aromatic rings. The fourth-order valence-electron chi connectivity index (χ4n) is 1.96. The quantitative estimate of drug-likeness (QED) is 0.376. The second-order valence-electron chi connectivity index (χ2n) is 5.00. The minimum absolute atomic E-state index is 0.0268. The summed E-state index contributed by atoms with van der Waals surface area (Å²) in [6, 6.07) is 8.43. The maximum atomic E-state index is 10.7. The summed E-state index contributed by atoms with van der Waals surface area (Å²) < 4.78 is 4.81. The summed E-state index contributed by atoms with van der Waals surface area (Å²) >= 11 is 11.3. The van der Waals surface area contributed by atoms with Crippen LogP contribution in [0.15, 0.2) is 36.4 Å².